The van der Waals surface area contributed by atoms with Crippen LogP contribution in [0.5, 0.6) is 0 Å². The summed E-state index contributed by atoms with van der Waals surface area (Å²) in [5, 5.41) is 11.1. The molecule has 0 bridgehead atoms. The normalized spacial score (nSPS) is 10.4. The number of hydrogen-bond donors (Lipinski definition) is 1. The Morgan fingerprint density at radius 1 is 1.70 bits per heavy atom. The lowest BCUT2D eigenvalue weighted by Gasteiger charge is -1.93. The van der Waals surface area contributed by atoms with Gasteiger partial charge in [0.15, 0.2) is 0 Å². The van der Waals surface area contributed by atoms with Crippen molar-refractivity contribution in [3.05, 3.63) is 30.6 Å². The second-order valence-corrected chi connectivity index (χ2v) is 1.77. The van der Waals surface area contributed by atoms with Gasteiger partial charge in [0.05, 0.1) is 11.9 Å². The van der Waals surface area contributed by atoms with Gasteiger partial charge in [-0.3, -0.25) is 0 Å². The van der Waals surface area contributed by atoms with Gasteiger partial charge in [-0.1, -0.05) is 11.7 Å². The maximum Gasteiger partial charge on any atom is 0.0901 e. The van der Waals surface area contributed by atoms with Crippen LogP contribution in [0.3, 0.4) is 0 Å². The Bertz CT molecular complexity index is 250. The van der Waals surface area contributed by atoms with Crippen molar-refractivity contribution in [3.63, 3.8) is 0 Å². The molecule has 1 N–H and O–H groups in total. The smallest absolute Gasteiger partial charge is 0.0901 e. The maximum absolute atomic E-state index is 8.18. The van der Waals surface area contributed by atoms with E-state index < -0.39 is 0 Å². The van der Waals surface area contributed by atoms with Crippen molar-refractivity contribution in [3.8, 4) is 0 Å². The first kappa shape index (κ1) is 6.61. The van der Waals surface area contributed by atoms with E-state index in [1.165, 1.54) is 6.21 Å². The molecule has 0 aromatic carbocycles. The van der Waals surface area contributed by atoms with Crippen LogP contribution in [-0.4, -0.2) is 16.0 Å². The molecule has 0 aliphatic carbocycles. The Hall–Kier alpha value is -1.51. The monoisotopic (exact) mass is 136 g/mol. The van der Waals surface area contributed by atoms with E-state index in [0.29, 0.717) is 0 Å². The van der Waals surface area contributed by atoms with Gasteiger partial charge in [-0.15, -0.1) is 0 Å². The molecule has 3 nitrogen and oxygen atoms in total. The standard InChI is InChI=1S/C7H8N2O/c1-2-9-5-3-4-7(9)6-8-10/h2-6,10H,1H2/b8-6+. The zero-order chi connectivity index (χ0) is 7.40. The van der Waals surface area contributed by atoms with Crippen LogP contribution in [0, 0.1) is 0 Å². The van der Waals surface area contributed by atoms with Gasteiger partial charge >= 0.3 is 0 Å². The summed E-state index contributed by atoms with van der Waals surface area (Å²) in [7, 11) is 0. The van der Waals surface area contributed by atoms with Gasteiger partial charge in [-0.25, -0.2) is 0 Å². The van der Waals surface area contributed by atoms with E-state index in [0.717, 1.165) is 5.69 Å². The first-order valence-corrected chi connectivity index (χ1v) is 2.85. The quantitative estimate of drug-likeness (QED) is 0.372. The highest BCUT2D eigenvalue weighted by molar-refractivity contribution is 5.78. The second-order valence-electron chi connectivity index (χ2n) is 1.77. The van der Waals surface area contributed by atoms with Gasteiger partial charge < -0.3 is 9.77 Å². The van der Waals surface area contributed by atoms with Crippen molar-refractivity contribution < 1.29 is 5.21 Å². The minimum Gasteiger partial charge on any atom is -0.411 e. The number of nitrogens with zero attached hydrogens (tertiary/aromatic N) is 2. The third kappa shape index (κ3) is 1.07. The van der Waals surface area contributed by atoms with Gasteiger partial charge in [0.1, 0.15) is 0 Å². The first-order valence-electron chi connectivity index (χ1n) is 2.85. The Balaban J connectivity index is 3.00. The molecule has 10 heavy (non-hydrogen) atoms. The molecule has 0 unspecified atom stereocenters. The lowest BCUT2D eigenvalue weighted by atomic mass is 10.5. The molecule has 1 rings (SSSR count). The highest BCUT2D eigenvalue weighted by Gasteiger charge is 1.90. The fourth-order valence-electron chi connectivity index (χ4n) is 0.742. The molecule has 3 heteroatoms. The molecule has 1 aromatic heterocycles. The summed E-state index contributed by atoms with van der Waals surface area (Å²) in [4.78, 5) is 0. The average molecular weight is 136 g/mol. The van der Waals surface area contributed by atoms with Crippen LogP contribution in [0.4, 0.5) is 0 Å². The van der Waals surface area contributed by atoms with E-state index in [1.54, 1.807) is 10.8 Å². The van der Waals surface area contributed by atoms with E-state index in [-0.39, 0.29) is 0 Å². The number of hydrogen-bond acceptors (Lipinski definition) is 2. The van der Waals surface area contributed by atoms with Crippen molar-refractivity contribution in [2.24, 2.45) is 5.16 Å². The topological polar surface area (TPSA) is 37.5 Å². The highest BCUT2D eigenvalue weighted by Crippen LogP contribution is 1.97. The van der Waals surface area contributed by atoms with Crippen molar-refractivity contribution in [1.82, 2.24) is 4.57 Å². The molecule has 0 aliphatic heterocycles. The molecule has 52 valence electrons. The first-order chi connectivity index (χ1) is 4.88. The van der Waals surface area contributed by atoms with Crippen molar-refractivity contribution in [2.45, 2.75) is 0 Å². The van der Waals surface area contributed by atoms with E-state index >= 15 is 0 Å². The predicted molar refractivity (Wildman–Crippen MR) is 40.2 cm³/mol. The Kier molecular flexibility index (Phi) is 1.89. The molecule has 0 saturated carbocycles. The minimum atomic E-state index is 0.803. The molecule has 0 aliphatic rings. The van der Waals surface area contributed by atoms with E-state index in [1.807, 2.05) is 18.3 Å². The summed E-state index contributed by atoms with van der Waals surface area (Å²) in [6.45, 7) is 3.57. The molecule has 0 fully saturated rings. The molecular formula is C7H8N2O. The zero-order valence-electron chi connectivity index (χ0n) is 5.44. The summed E-state index contributed by atoms with van der Waals surface area (Å²) in [5.74, 6) is 0. The van der Waals surface area contributed by atoms with Gasteiger partial charge in [-0.2, -0.15) is 0 Å². The number of oxime groups is 1. The van der Waals surface area contributed by atoms with E-state index in [9.17, 15) is 0 Å². The Morgan fingerprint density at radius 3 is 3.10 bits per heavy atom. The number of rotatable bonds is 2. The van der Waals surface area contributed by atoms with Crippen LogP contribution in [0.25, 0.3) is 6.20 Å². The molecule has 0 amide bonds. The van der Waals surface area contributed by atoms with Crippen LogP contribution < -0.4 is 0 Å². The molecular weight excluding hydrogens is 128 g/mol. The lowest BCUT2D eigenvalue weighted by molar-refractivity contribution is 0.321. The number of aromatic nitrogens is 1. The minimum absolute atomic E-state index is 0.803. The van der Waals surface area contributed by atoms with Crippen LogP contribution in [0.2, 0.25) is 0 Å². The third-order valence-electron chi connectivity index (χ3n) is 1.20. The predicted octanol–water partition coefficient (Wildman–Crippen LogP) is 1.40. The van der Waals surface area contributed by atoms with Crippen molar-refractivity contribution in [1.29, 1.82) is 0 Å². The third-order valence-corrected chi connectivity index (χ3v) is 1.20. The van der Waals surface area contributed by atoms with Crippen molar-refractivity contribution in [2.75, 3.05) is 0 Å². The van der Waals surface area contributed by atoms with Crippen LogP contribution >= 0.6 is 0 Å². The van der Waals surface area contributed by atoms with Gasteiger partial charge in [0, 0.05) is 12.4 Å². The van der Waals surface area contributed by atoms with Crippen molar-refractivity contribution >= 4 is 12.4 Å². The summed E-state index contributed by atoms with van der Waals surface area (Å²) < 4.78 is 1.75. The second kappa shape index (κ2) is 2.87. The van der Waals surface area contributed by atoms with E-state index in [2.05, 4.69) is 11.7 Å². The van der Waals surface area contributed by atoms with Gasteiger partial charge in [0.2, 0.25) is 0 Å². The Labute approximate surface area is 58.9 Å². The maximum atomic E-state index is 8.18. The zero-order valence-corrected chi connectivity index (χ0v) is 5.44. The fraction of sp³-hybridized carbons (Fsp3) is 0. The average Bonchev–Trinajstić information content (AvgIpc) is 2.36. The fourth-order valence-corrected chi connectivity index (χ4v) is 0.742. The van der Waals surface area contributed by atoms with Gasteiger partial charge in [0.25, 0.3) is 0 Å². The largest absolute Gasteiger partial charge is 0.411 e. The Morgan fingerprint density at radius 2 is 2.50 bits per heavy atom. The van der Waals surface area contributed by atoms with Gasteiger partial charge in [-0.05, 0) is 12.1 Å². The summed E-state index contributed by atoms with van der Waals surface area (Å²) >= 11 is 0. The van der Waals surface area contributed by atoms with Crippen LogP contribution in [0.1, 0.15) is 5.69 Å². The van der Waals surface area contributed by atoms with E-state index in [4.69, 9.17) is 5.21 Å². The molecule has 0 spiro atoms. The lowest BCUT2D eigenvalue weighted by Crippen LogP contribution is -1.89. The molecule has 0 saturated heterocycles. The van der Waals surface area contributed by atoms with Crippen LogP contribution in [0.15, 0.2) is 30.1 Å². The summed E-state index contributed by atoms with van der Waals surface area (Å²) in [5.41, 5.74) is 0.803. The van der Waals surface area contributed by atoms with Crippen LogP contribution in [-0.2, 0) is 0 Å². The summed E-state index contributed by atoms with van der Waals surface area (Å²) in [6.07, 6.45) is 4.81. The molecule has 0 atom stereocenters. The molecule has 1 heterocycles. The molecule has 1 aromatic rings. The summed E-state index contributed by atoms with van der Waals surface area (Å²) in [6, 6.07) is 3.67. The molecule has 0 radical (unpaired) electrons. The highest BCUT2D eigenvalue weighted by atomic mass is 16.4. The SMILES string of the molecule is C=Cn1cccc1/C=N/O.